The number of carbonyl (C=O) groups is 1. The Bertz CT molecular complexity index is 1000. The molecule has 2 heterocycles. The van der Waals surface area contributed by atoms with Gasteiger partial charge in [0.15, 0.2) is 17.6 Å². The molecule has 1 aromatic heterocycles. The molecule has 1 N–H and O–H groups in total. The van der Waals surface area contributed by atoms with Gasteiger partial charge in [-0.3, -0.25) is 4.79 Å². The molecule has 27 heavy (non-hydrogen) atoms. The molecule has 0 spiro atoms. The number of aromatic nitrogens is 2. The van der Waals surface area contributed by atoms with Crippen molar-refractivity contribution in [2.75, 3.05) is 5.75 Å². The van der Waals surface area contributed by atoms with Gasteiger partial charge in [-0.15, -0.1) is 0 Å². The van der Waals surface area contributed by atoms with Crippen LogP contribution in [0.15, 0.2) is 53.7 Å². The summed E-state index contributed by atoms with van der Waals surface area (Å²) in [6.45, 7) is 7.39. The largest absolute Gasteiger partial charge is 0.388 e. The lowest BCUT2D eigenvalue weighted by Gasteiger charge is -2.19. The number of carbonyl (C=O) groups excluding carboxylic acids is 1. The Morgan fingerprint density at radius 3 is 2.59 bits per heavy atom. The predicted octanol–water partition coefficient (Wildman–Crippen LogP) is 3.58. The minimum atomic E-state index is -0.354. The Morgan fingerprint density at radius 1 is 1.19 bits per heavy atom. The summed E-state index contributed by atoms with van der Waals surface area (Å²) >= 11 is 1.62. The molecule has 1 aliphatic heterocycles. The van der Waals surface area contributed by atoms with Gasteiger partial charge < -0.3 is 5.11 Å². The van der Waals surface area contributed by atoms with Crippen molar-refractivity contribution in [3.8, 4) is 0 Å². The third-order valence-electron chi connectivity index (χ3n) is 5.10. The lowest BCUT2D eigenvalue weighted by molar-refractivity contribution is -0.717. The van der Waals surface area contributed by atoms with Gasteiger partial charge in [-0.05, 0) is 34.9 Å². The van der Waals surface area contributed by atoms with Crippen molar-refractivity contribution >= 4 is 28.6 Å². The van der Waals surface area contributed by atoms with Crippen LogP contribution in [-0.2, 0) is 18.5 Å². The summed E-state index contributed by atoms with van der Waals surface area (Å²) in [5.74, 6) is 0.761. The van der Waals surface area contributed by atoms with Crippen LogP contribution in [0.25, 0.3) is 11.0 Å². The van der Waals surface area contributed by atoms with E-state index in [9.17, 15) is 9.90 Å². The number of hydrogen-bond acceptors (Lipinski definition) is 3. The third kappa shape index (κ3) is 3.42. The highest BCUT2D eigenvalue weighted by Gasteiger charge is 2.32. The number of aliphatic hydroxyl groups is 1. The Kier molecular flexibility index (Phi) is 4.60. The summed E-state index contributed by atoms with van der Waals surface area (Å²) in [6.07, 6.45) is -0.354. The fraction of sp³-hybridized carbons (Fsp3) is 0.364. The number of thioether (sulfide) groups is 1. The van der Waals surface area contributed by atoms with Crippen LogP contribution >= 0.6 is 11.8 Å². The molecule has 3 aromatic rings. The van der Waals surface area contributed by atoms with Crippen molar-refractivity contribution in [1.29, 1.82) is 0 Å². The number of aliphatic hydroxyl groups excluding tert-OH is 1. The standard InChI is InChI=1S/C22H25N2O2S/c1-22(2,3)16-10-8-15(9-11-16)20(26)13-24-19-7-5-4-6-18(19)23-12-17(25)14-27-21(23)24/h4-11,17,25H,12-14H2,1-3H3/q+1. The first-order chi connectivity index (χ1) is 12.8. The number of ketones is 1. The first-order valence-electron chi connectivity index (χ1n) is 9.30. The van der Waals surface area contributed by atoms with Gasteiger partial charge in [-0.1, -0.05) is 57.2 Å². The lowest BCUT2D eigenvalue weighted by Crippen LogP contribution is -2.45. The molecule has 1 atom stereocenters. The average Bonchev–Trinajstić information content (AvgIpc) is 2.94. The van der Waals surface area contributed by atoms with E-state index in [0.717, 1.165) is 21.8 Å². The van der Waals surface area contributed by atoms with Gasteiger partial charge in [0.05, 0.1) is 0 Å². The fourth-order valence-corrected chi connectivity index (χ4v) is 4.68. The third-order valence-corrected chi connectivity index (χ3v) is 6.35. The molecule has 0 fully saturated rings. The fourth-order valence-electron chi connectivity index (χ4n) is 3.58. The summed E-state index contributed by atoms with van der Waals surface area (Å²) in [6, 6.07) is 16.1. The van der Waals surface area contributed by atoms with Gasteiger partial charge >= 0.3 is 5.16 Å². The normalized spacial score (nSPS) is 17.1. The summed E-state index contributed by atoms with van der Waals surface area (Å²) < 4.78 is 4.22. The Balaban J connectivity index is 1.69. The van der Waals surface area contributed by atoms with Crippen molar-refractivity contribution in [1.82, 2.24) is 4.57 Å². The molecule has 0 aliphatic carbocycles. The molecule has 4 rings (SSSR count). The van der Waals surface area contributed by atoms with Crippen LogP contribution in [-0.4, -0.2) is 27.3 Å². The SMILES string of the molecule is CC(C)(C)c1ccc(C(=O)Cn2c3[n+](c4ccccc42)CC(O)CS3)cc1. The van der Waals surface area contributed by atoms with Crippen LogP contribution in [0.4, 0.5) is 0 Å². The second kappa shape index (κ2) is 6.80. The summed E-state index contributed by atoms with van der Waals surface area (Å²) in [5.41, 5.74) is 4.14. The maximum absolute atomic E-state index is 13.0. The Hall–Kier alpha value is -2.11. The monoisotopic (exact) mass is 381 g/mol. The summed E-state index contributed by atoms with van der Waals surface area (Å²) in [5, 5.41) is 11.1. The van der Waals surface area contributed by atoms with Gasteiger partial charge in [0.2, 0.25) is 5.78 Å². The highest BCUT2D eigenvalue weighted by Crippen LogP contribution is 2.27. The lowest BCUT2D eigenvalue weighted by atomic mass is 9.86. The maximum atomic E-state index is 13.0. The van der Waals surface area contributed by atoms with Crippen molar-refractivity contribution < 1.29 is 14.5 Å². The van der Waals surface area contributed by atoms with E-state index in [4.69, 9.17) is 0 Å². The molecule has 0 saturated carbocycles. The maximum Gasteiger partial charge on any atom is 0.319 e. The zero-order valence-corrected chi connectivity index (χ0v) is 16.8. The van der Waals surface area contributed by atoms with E-state index < -0.39 is 0 Å². The second-order valence-corrected chi connectivity index (χ2v) is 9.17. The molecule has 1 unspecified atom stereocenters. The van der Waals surface area contributed by atoms with E-state index in [2.05, 4.69) is 48.1 Å². The van der Waals surface area contributed by atoms with Crippen molar-refractivity contribution in [2.45, 2.75) is 50.5 Å². The van der Waals surface area contributed by atoms with Gasteiger partial charge in [0.1, 0.15) is 12.6 Å². The van der Waals surface area contributed by atoms with Gasteiger partial charge in [0.25, 0.3) is 0 Å². The number of fused-ring (bicyclic) bond motifs is 3. The zero-order valence-electron chi connectivity index (χ0n) is 16.0. The van der Waals surface area contributed by atoms with Crippen molar-refractivity contribution in [2.24, 2.45) is 0 Å². The van der Waals surface area contributed by atoms with Crippen LogP contribution in [0.3, 0.4) is 0 Å². The quantitative estimate of drug-likeness (QED) is 0.557. The van der Waals surface area contributed by atoms with E-state index >= 15 is 0 Å². The average molecular weight is 382 g/mol. The molecule has 2 aromatic carbocycles. The number of nitrogens with zero attached hydrogens (tertiary/aromatic N) is 2. The first kappa shape index (κ1) is 18.3. The van der Waals surface area contributed by atoms with Gasteiger partial charge in [-0.25, -0.2) is 9.13 Å². The molecule has 140 valence electrons. The minimum absolute atomic E-state index is 0.0748. The summed E-state index contributed by atoms with van der Waals surface area (Å²) in [4.78, 5) is 13.0. The highest BCUT2D eigenvalue weighted by molar-refractivity contribution is 7.99. The molecular formula is C22H25N2O2S+. The van der Waals surface area contributed by atoms with Crippen molar-refractivity contribution in [3.05, 3.63) is 59.7 Å². The predicted molar refractivity (Wildman–Crippen MR) is 108 cm³/mol. The minimum Gasteiger partial charge on any atom is -0.388 e. The van der Waals surface area contributed by atoms with Crippen LogP contribution in [0.5, 0.6) is 0 Å². The van der Waals surface area contributed by atoms with Crippen LogP contribution in [0.1, 0.15) is 36.7 Å². The number of imidazole rings is 1. The van der Waals surface area contributed by atoms with Gasteiger partial charge in [-0.2, -0.15) is 0 Å². The molecule has 4 nitrogen and oxygen atoms in total. The molecule has 5 heteroatoms. The van der Waals surface area contributed by atoms with Crippen LogP contribution < -0.4 is 4.57 Å². The van der Waals surface area contributed by atoms with Crippen LogP contribution in [0.2, 0.25) is 0 Å². The molecule has 0 radical (unpaired) electrons. The zero-order chi connectivity index (χ0) is 19.2. The number of hydrogen-bond donors (Lipinski definition) is 1. The molecule has 0 bridgehead atoms. The first-order valence-corrected chi connectivity index (χ1v) is 10.3. The second-order valence-electron chi connectivity index (χ2n) is 8.18. The summed E-state index contributed by atoms with van der Waals surface area (Å²) in [7, 11) is 0. The van der Waals surface area contributed by atoms with Crippen molar-refractivity contribution in [3.63, 3.8) is 0 Å². The van der Waals surface area contributed by atoms with E-state index in [1.54, 1.807) is 11.8 Å². The topological polar surface area (TPSA) is 46.1 Å². The van der Waals surface area contributed by atoms with E-state index in [-0.39, 0.29) is 17.3 Å². The Morgan fingerprint density at radius 2 is 1.89 bits per heavy atom. The number of Topliss-reactive ketones (excluding diaryl/α,β-unsaturated/α-hetero) is 1. The molecule has 1 aliphatic rings. The smallest absolute Gasteiger partial charge is 0.319 e. The molecule has 0 amide bonds. The van der Waals surface area contributed by atoms with Crippen LogP contribution in [0, 0.1) is 0 Å². The number of rotatable bonds is 3. The van der Waals surface area contributed by atoms with E-state index in [0.29, 0.717) is 18.8 Å². The Labute approximate surface area is 163 Å². The highest BCUT2D eigenvalue weighted by atomic mass is 32.2. The molecular weight excluding hydrogens is 356 g/mol. The van der Waals surface area contributed by atoms with E-state index in [1.807, 2.05) is 30.3 Å². The molecule has 0 saturated heterocycles. The van der Waals surface area contributed by atoms with Gasteiger partial charge in [0, 0.05) is 11.3 Å². The number of benzene rings is 2. The van der Waals surface area contributed by atoms with E-state index in [1.165, 1.54) is 5.56 Å². The number of para-hydroxylation sites is 2.